The highest BCUT2D eigenvalue weighted by molar-refractivity contribution is 5.68. The summed E-state index contributed by atoms with van der Waals surface area (Å²) in [5, 5.41) is 9.41. The first-order chi connectivity index (χ1) is 11.1. The van der Waals surface area contributed by atoms with Crippen LogP contribution in [0.1, 0.15) is 31.0 Å². The Kier molecular flexibility index (Phi) is 4.24. The molecule has 1 aliphatic heterocycles. The lowest BCUT2D eigenvalue weighted by Gasteiger charge is -2.33. The minimum Gasteiger partial charge on any atom is -0.396 e. The fraction of sp³-hybridized carbons (Fsp3) is 0.389. The molecule has 0 radical (unpaired) electrons. The SMILES string of the molecule is CC1CCN(c2c(N)cc(C#N)n2Cc2ccccc2F)CC1. The zero-order chi connectivity index (χ0) is 16.4. The first-order valence-corrected chi connectivity index (χ1v) is 7.97. The highest BCUT2D eigenvalue weighted by atomic mass is 19.1. The van der Waals surface area contributed by atoms with E-state index in [0.717, 1.165) is 31.7 Å². The molecule has 0 aliphatic carbocycles. The van der Waals surface area contributed by atoms with E-state index in [1.165, 1.54) is 6.07 Å². The molecular formula is C18H21FN4. The monoisotopic (exact) mass is 312 g/mol. The summed E-state index contributed by atoms with van der Waals surface area (Å²) >= 11 is 0. The maximum Gasteiger partial charge on any atom is 0.133 e. The highest BCUT2D eigenvalue weighted by Gasteiger charge is 2.23. The summed E-state index contributed by atoms with van der Waals surface area (Å²) in [6, 6.07) is 10.5. The van der Waals surface area contributed by atoms with Crippen molar-refractivity contribution in [3.8, 4) is 6.07 Å². The van der Waals surface area contributed by atoms with E-state index in [4.69, 9.17) is 5.73 Å². The second-order valence-electron chi connectivity index (χ2n) is 6.27. The Balaban J connectivity index is 1.98. The Labute approximate surface area is 135 Å². The molecule has 1 aliphatic rings. The predicted molar refractivity (Wildman–Crippen MR) is 89.7 cm³/mol. The Hall–Kier alpha value is -2.48. The first kappa shape index (κ1) is 15.4. The number of halogens is 1. The molecule has 0 unspecified atom stereocenters. The molecule has 4 nitrogen and oxygen atoms in total. The minimum absolute atomic E-state index is 0.262. The Morgan fingerprint density at radius 3 is 2.65 bits per heavy atom. The minimum atomic E-state index is -0.262. The third kappa shape index (κ3) is 3.02. The summed E-state index contributed by atoms with van der Waals surface area (Å²) in [6.45, 7) is 4.39. The summed E-state index contributed by atoms with van der Waals surface area (Å²) < 4.78 is 15.8. The van der Waals surface area contributed by atoms with Crippen LogP contribution in [0.5, 0.6) is 0 Å². The van der Waals surface area contributed by atoms with Crippen molar-refractivity contribution >= 4 is 11.5 Å². The first-order valence-electron chi connectivity index (χ1n) is 7.97. The second kappa shape index (κ2) is 6.33. The molecule has 0 amide bonds. The van der Waals surface area contributed by atoms with Crippen molar-refractivity contribution in [2.45, 2.75) is 26.3 Å². The molecule has 1 saturated heterocycles. The van der Waals surface area contributed by atoms with E-state index in [2.05, 4.69) is 17.9 Å². The normalized spacial score (nSPS) is 15.6. The number of nitrogens with zero attached hydrogens (tertiary/aromatic N) is 3. The molecule has 23 heavy (non-hydrogen) atoms. The lowest BCUT2D eigenvalue weighted by molar-refractivity contribution is 0.434. The van der Waals surface area contributed by atoms with Gasteiger partial charge in [0.25, 0.3) is 0 Å². The van der Waals surface area contributed by atoms with Gasteiger partial charge in [-0.25, -0.2) is 4.39 Å². The lowest BCUT2D eigenvalue weighted by Crippen LogP contribution is -2.35. The number of nitrogens with two attached hydrogens (primary N) is 1. The fourth-order valence-corrected chi connectivity index (χ4v) is 3.18. The van der Waals surface area contributed by atoms with Crippen LogP contribution in [0.2, 0.25) is 0 Å². The average molecular weight is 312 g/mol. The van der Waals surface area contributed by atoms with E-state index < -0.39 is 0 Å². The zero-order valence-corrected chi connectivity index (χ0v) is 13.3. The van der Waals surface area contributed by atoms with Gasteiger partial charge >= 0.3 is 0 Å². The number of aromatic nitrogens is 1. The number of nitrogen functional groups attached to an aromatic ring is 1. The third-order valence-electron chi connectivity index (χ3n) is 4.58. The van der Waals surface area contributed by atoms with Crippen molar-refractivity contribution in [2.75, 3.05) is 23.7 Å². The highest BCUT2D eigenvalue weighted by Crippen LogP contribution is 2.32. The van der Waals surface area contributed by atoms with Crippen molar-refractivity contribution in [3.63, 3.8) is 0 Å². The van der Waals surface area contributed by atoms with E-state index in [0.29, 0.717) is 29.4 Å². The van der Waals surface area contributed by atoms with Gasteiger partial charge in [-0.15, -0.1) is 0 Å². The molecule has 5 heteroatoms. The molecule has 2 heterocycles. The summed E-state index contributed by atoms with van der Waals surface area (Å²) in [5.74, 6) is 1.29. The second-order valence-corrected chi connectivity index (χ2v) is 6.27. The topological polar surface area (TPSA) is 58.0 Å². The predicted octanol–water partition coefficient (Wildman–Crippen LogP) is 3.37. The van der Waals surface area contributed by atoms with Gasteiger partial charge in [-0.05, 0) is 30.9 Å². The number of anilines is 2. The molecule has 0 atom stereocenters. The molecule has 3 rings (SSSR count). The summed E-state index contributed by atoms with van der Waals surface area (Å²) in [4.78, 5) is 2.22. The average Bonchev–Trinajstić information content (AvgIpc) is 2.86. The molecule has 1 aromatic carbocycles. The van der Waals surface area contributed by atoms with Gasteiger partial charge in [-0.3, -0.25) is 0 Å². The van der Waals surface area contributed by atoms with Gasteiger partial charge in [-0.2, -0.15) is 5.26 Å². The van der Waals surface area contributed by atoms with Crippen molar-refractivity contribution < 1.29 is 4.39 Å². The number of nitriles is 1. The molecule has 1 fully saturated rings. The number of benzene rings is 1. The molecule has 0 saturated carbocycles. The summed E-state index contributed by atoms with van der Waals surface area (Å²) in [5.41, 5.74) is 7.79. The molecular weight excluding hydrogens is 291 g/mol. The molecule has 1 aromatic heterocycles. The largest absolute Gasteiger partial charge is 0.396 e. The quantitative estimate of drug-likeness (QED) is 0.945. The van der Waals surface area contributed by atoms with Crippen LogP contribution in [-0.4, -0.2) is 17.7 Å². The van der Waals surface area contributed by atoms with E-state index in [-0.39, 0.29) is 5.82 Å². The van der Waals surface area contributed by atoms with Gasteiger partial charge < -0.3 is 15.2 Å². The van der Waals surface area contributed by atoms with E-state index in [1.54, 1.807) is 24.3 Å². The van der Waals surface area contributed by atoms with Crippen molar-refractivity contribution in [1.82, 2.24) is 4.57 Å². The summed E-state index contributed by atoms with van der Waals surface area (Å²) in [6.07, 6.45) is 2.21. The maximum atomic E-state index is 14.0. The Bertz CT molecular complexity index is 736. The van der Waals surface area contributed by atoms with Crippen LogP contribution in [0.25, 0.3) is 0 Å². The van der Waals surface area contributed by atoms with E-state index >= 15 is 0 Å². The van der Waals surface area contributed by atoms with Crippen LogP contribution in [0.3, 0.4) is 0 Å². The van der Waals surface area contributed by atoms with Gasteiger partial charge in [0, 0.05) is 18.7 Å². The lowest BCUT2D eigenvalue weighted by atomic mass is 9.99. The van der Waals surface area contributed by atoms with Crippen molar-refractivity contribution in [3.05, 3.63) is 47.4 Å². The van der Waals surface area contributed by atoms with Crippen molar-refractivity contribution in [2.24, 2.45) is 5.92 Å². The van der Waals surface area contributed by atoms with Gasteiger partial charge in [0.2, 0.25) is 0 Å². The summed E-state index contributed by atoms with van der Waals surface area (Å²) in [7, 11) is 0. The Morgan fingerprint density at radius 2 is 2.00 bits per heavy atom. The van der Waals surface area contributed by atoms with E-state index in [9.17, 15) is 9.65 Å². The standard InChI is InChI=1S/C18H21FN4/c1-13-6-8-22(9-7-13)18-17(21)10-15(11-20)23(18)12-14-4-2-3-5-16(14)19/h2-5,10,13H,6-9,12,21H2,1H3. The van der Waals surface area contributed by atoms with Gasteiger partial charge in [0.05, 0.1) is 12.2 Å². The van der Waals surface area contributed by atoms with Gasteiger partial charge in [-0.1, -0.05) is 25.1 Å². The van der Waals surface area contributed by atoms with Gasteiger partial charge in [0.1, 0.15) is 23.4 Å². The molecule has 0 spiro atoms. The smallest absolute Gasteiger partial charge is 0.133 e. The zero-order valence-electron chi connectivity index (χ0n) is 13.3. The van der Waals surface area contributed by atoms with Crippen molar-refractivity contribution in [1.29, 1.82) is 5.26 Å². The molecule has 2 aromatic rings. The third-order valence-corrected chi connectivity index (χ3v) is 4.58. The number of rotatable bonds is 3. The number of piperidine rings is 1. The van der Waals surface area contributed by atoms with Crippen LogP contribution in [0.15, 0.2) is 30.3 Å². The van der Waals surface area contributed by atoms with Crippen LogP contribution in [-0.2, 0) is 6.54 Å². The Morgan fingerprint density at radius 1 is 1.30 bits per heavy atom. The molecule has 0 bridgehead atoms. The fourth-order valence-electron chi connectivity index (χ4n) is 3.18. The molecule has 120 valence electrons. The number of hydrogen-bond acceptors (Lipinski definition) is 3. The number of hydrogen-bond donors (Lipinski definition) is 1. The van der Waals surface area contributed by atoms with Crippen LogP contribution in [0, 0.1) is 23.1 Å². The van der Waals surface area contributed by atoms with Crippen LogP contribution < -0.4 is 10.6 Å². The van der Waals surface area contributed by atoms with Gasteiger partial charge in [0.15, 0.2) is 0 Å². The van der Waals surface area contributed by atoms with E-state index in [1.807, 2.05) is 4.57 Å². The molecule has 2 N–H and O–H groups in total. The maximum absolute atomic E-state index is 14.0. The van der Waals surface area contributed by atoms with Crippen LogP contribution in [0.4, 0.5) is 15.9 Å². The van der Waals surface area contributed by atoms with Crippen LogP contribution >= 0.6 is 0 Å².